The highest BCUT2D eigenvalue weighted by Crippen LogP contribution is 2.23. The fourth-order valence-electron chi connectivity index (χ4n) is 1.94. The van der Waals surface area contributed by atoms with Crippen LogP contribution in [-0.4, -0.2) is 21.2 Å². The van der Waals surface area contributed by atoms with E-state index in [2.05, 4.69) is 0 Å². The quantitative estimate of drug-likeness (QED) is 0.624. The summed E-state index contributed by atoms with van der Waals surface area (Å²) < 4.78 is 6.70. The number of carbonyl (C=O) groups excluding carboxylic acids is 1. The topological polar surface area (TPSA) is 74.4 Å². The van der Waals surface area contributed by atoms with Gasteiger partial charge in [-0.15, -0.1) is 0 Å². The molecule has 0 aliphatic heterocycles. The molecule has 1 aromatic heterocycles. The van der Waals surface area contributed by atoms with Crippen LogP contribution < -0.4 is 0 Å². The van der Waals surface area contributed by atoms with Gasteiger partial charge < -0.3 is 4.74 Å². The number of benzene rings is 1. The maximum Gasteiger partial charge on any atom is 0.419 e. The van der Waals surface area contributed by atoms with E-state index in [1.54, 1.807) is 45.2 Å². The van der Waals surface area contributed by atoms with E-state index < -0.39 is 16.6 Å². The Balaban J connectivity index is 2.50. The van der Waals surface area contributed by atoms with Gasteiger partial charge in [0.15, 0.2) is 0 Å². The highest BCUT2D eigenvalue weighted by atomic mass is 16.6. The lowest BCUT2D eigenvalue weighted by Crippen LogP contribution is -2.26. The summed E-state index contributed by atoms with van der Waals surface area (Å²) in [7, 11) is 0. The van der Waals surface area contributed by atoms with Crippen molar-refractivity contribution in [1.29, 1.82) is 0 Å². The normalized spacial score (nSPS) is 12.0. The molecule has 0 saturated carbocycles. The van der Waals surface area contributed by atoms with Gasteiger partial charge in [0, 0.05) is 23.2 Å². The number of ether oxygens (including phenoxy) is 1. The number of nitro groups is 1. The minimum absolute atomic E-state index is 0.514. The van der Waals surface area contributed by atoms with Crippen LogP contribution in [0.25, 0.3) is 17.0 Å². The molecule has 0 aliphatic rings. The molecule has 6 heteroatoms. The van der Waals surface area contributed by atoms with Crippen molar-refractivity contribution in [3.8, 4) is 0 Å². The van der Waals surface area contributed by atoms with E-state index in [0.29, 0.717) is 11.1 Å². The molecule has 0 N–H and O–H groups in total. The van der Waals surface area contributed by atoms with Gasteiger partial charge in [-0.2, -0.15) is 0 Å². The van der Waals surface area contributed by atoms with Crippen molar-refractivity contribution in [2.75, 3.05) is 0 Å². The monoisotopic (exact) mass is 288 g/mol. The van der Waals surface area contributed by atoms with E-state index in [9.17, 15) is 14.9 Å². The second-order valence-electron chi connectivity index (χ2n) is 5.55. The second-order valence-corrected chi connectivity index (χ2v) is 5.55. The molecule has 0 unspecified atom stereocenters. The summed E-state index contributed by atoms with van der Waals surface area (Å²) in [5.74, 6) is 0. The first-order valence-corrected chi connectivity index (χ1v) is 6.43. The number of fused-ring (bicyclic) bond motifs is 1. The van der Waals surface area contributed by atoms with Crippen molar-refractivity contribution < 1.29 is 14.5 Å². The van der Waals surface area contributed by atoms with Gasteiger partial charge in [0.2, 0.25) is 6.20 Å². The fourth-order valence-corrected chi connectivity index (χ4v) is 1.94. The van der Waals surface area contributed by atoms with E-state index >= 15 is 0 Å². The first-order chi connectivity index (χ1) is 9.78. The first kappa shape index (κ1) is 14.8. The van der Waals surface area contributed by atoms with Gasteiger partial charge in [-0.25, -0.2) is 4.79 Å². The van der Waals surface area contributed by atoms with Crippen molar-refractivity contribution in [3.05, 3.63) is 52.3 Å². The lowest BCUT2D eigenvalue weighted by molar-refractivity contribution is -0.400. The third-order valence-electron chi connectivity index (χ3n) is 2.71. The highest BCUT2D eigenvalue weighted by molar-refractivity contribution is 5.95. The molecule has 0 bridgehead atoms. The number of hydrogen-bond acceptors (Lipinski definition) is 4. The SMILES string of the molecule is CC(C)(C)OC(=O)n1cc(/C=C/[N+](=O)[O-])c2ccccc21. The summed E-state index contributed by atoms with van der Waals surface area (Å²) in [6, 6.07) is 7.17. The van der Waals surface area contributed by atoms with Gasteiger partial charge in [-0.05, 0) is 26.8 Å². The summed E-state index contributed by atoms with van der Waals surface area (Å²) in [4.78, 5) is 22.1. The van der Waals surface area contributed by atoms with Crippen LogP contribution in [0.3, 0.4) is 0 Å². The number of aromatic nitrogens is 1. The van der Waals surface area contributed by atoms with E-state index in [1.165, 1.54) is 10.6 Å². The van der Waals surface area contributed by atoms with Gasteiger partial charge in [-0.3, -0.25) is 14.7 Å². The minimum atomic E-state index is -0.612. The predicted octanol–water partition coefficient (Wildman–Crippen LogP) is 3.67. The van der Waals surface area contributed by atoms with Crippen LogP contribution in [0, 0.1) is 10.1 Å². The lowest BCUT2D eigenvalue weighted by Gasteiger charge is -2.19. The maximum absolute atomic E-state index is 12.2. The molecule has 1 aromatic carbocycles. The van der Waals surface area contributed by atoms with Crippen LogP contribution in [0.4, 0.5) is 4.79 Å². The van der Waals surface area contributed by atoms with Crippen LogP contribution in [0.2, 0.25) is 0 Å². The number of hydrogen-bond donors (Lipinski definition) is 0. The third kappa shape index (κ3) is 3.47. The summed E-state index contributed by atoms with van der Waals surface area (Å²) in [5.41, 5.74) is 0.627. The van der Waals surface area contributed by atoms with Crippen molar-refractivity contribution >= 4 is 23.1 Å². The van der Waals surface area contributed by atoms with Crippen molar-refractivity contribution in [3.63, 3.8) is 0 Å². The lowest BCUT2D eigenvalue weighted by atomic mass is 10.2. The average molecular weight is 288 g/mol. The standard InChI is InChI=1S/C15H16N2O4/c1-15(2,3)21-14(18)16-10-11(8-9-17(19)20)12-6-4-5-7-13(12)16/h4-10H,1-3H3/b9-8+. The van der Waals surface area contributed by atoms with E-state index in [-0.39, 0.29) is 0 Å². The smallest absolute Gasteiger partial charge is 0.419 e. The van der Waals surface area contributed by atoms with Crippen LogP contribution in [-0.2, 0) is 4.74 Å². The van der Waals surface area contributed by atoms with E-state index in [0.717, 1.165) is 11.6 Å². The Bertz CT molecular complexity index is 723. The molecule has 0 aliphatic carbocycles. The van der Waals surface area contributed by atoms with Gasteiger partial charge in [0.05, 0.1) is 10.4 Å². The predicted molar refractivity (Wildman–Crippen MR) is 79.6 cm³/mol. The van der Waals surface area contributed by atoms with Crippen molar-refractivity contribution in [1.82, 2.24) is 4.57 Å². The molecule has 1 heterocycles. The third-order valence-corrected chi connectivity index (χ3v) is 2.71. The molecule has 21 heavy (non-hydrogen) atoms. The Morgan fingerprint density at radius 3 is 2.62 bits per heavy atom. The fraction of sp³-hybridized carbons (Fsp3) is 0.267. The number of rotatable bonds is 2. The molecule has 110 valence electrons. The molecule has 6 nitrogen and oxygen atoms in total. The van der Waals surface area contributed by atoms with Crippen molar-refractivity contribution in [2.45, 2.75) is 26.4 Å². The summed E-state index contributed by atoms with van der Waals surface area (Å²) in [6.45, 7) is 5.35. The summed E-state index contributed by atoms with van der Waals surface area (Å²) >= 11 is 0. The second kappa shape index (κ2) is 5.40. The zero-order valence-electron chi connectivity index (χ0n) is 12.1. The molecule has 0 fully saturated rings. The van der Waals surface area contributed by atoms with Crippen LogP contribution in [0.15, 0.2) is 36.7 Å². The summed E-state index contributed by atoms with van der Waals surface area (Å²) in [6.07, 6.45) is 3.24. The van der Waals surface area contributed by atoms with Crippen LogP contribution in [0.5, 0.6) is 0 Å². The van der Waals surface area contributed by atoms with Gasteiger partial charge >= 0.3 is 6.09 Å². The molecule has 2 aromatic rings. The van der Waals surface area contributed by atoms with Gasteiger partial charge in [0.1, 0.15) is 5.60 Å². The van der Waals surface area contributed by atoms with E-state index in [1.807, 2.05) is 6.07 Å². The van der Waals surface area contributed by atoms with E-state index in [4.69, 9.17) is 4.74 Å². The minimum Gasteiger partial charge on any atom is -0.443 e. The largest absolute Gasteiger partial charge is 0.443 e. The molecule has 2 rings (SSSR count). The molecule has 0 amide bonds. The Morgan fingerprint density at radius 2 is 2.00 bits per heavy atom. The number of carbonyl (C=O) groups is 1. The molecule has 0 saturated heterocycles. The van der Waals surface area contributed by atoms with Crippen LogP contribution in [0.1, 0.15) is 26.3 Å². The zero-order valence-corrected chi connectivity index (χ0v) is 12.1. The van der Waals surface area contributed by atoms with Gasteiger partial charge in [-0.1, -0.05) is 18.2 Å². The van der Waals surface area contributed by atoms with Crippen LogP contribution >= 0.6 is 0 Å². The highest BCUT2D eigenvalue weighted by Gasteiger charge is 2.20. The molecule has 0 spiro atoms. The average Bonchev–Trinajstić information content (AvgIpc) is 2.73. The van der Waals surface area contributed by atoms with Crippen molar-refractivity contribution in [2.24, 2.45) is 0 Å². The Hall–Kier alpha value is -2.63. The van der Waals surface area contributed by atoms with Gasteiger partial charge in [0.25, 0.3) is 0 Å². The molecular weight excluding hydrogens is 272 g/mol. The number of para-hydroxylation sites is 1. The Labute approximate surface area is 121 Å². The molecule has 0 atom stereocenters. The summed E-state index contributed by atoms with van der Waals surface area (Å²) in [5, 5.41) is 11.2. The molecular formula is C15H16N2O4. The zero-order chi connectivity index (χ0) is 15.6. The first-order valence-electron chi connectivity index (χ1n) is 6.43. The maximum atomic E-state index is 12.2. The molecule has 0 radical (unpaired) electrons. The Morgan fingerprint density at radius 1 is 1.33 bits per heavy atom. The number of nitrogens with zero attached hydrogens (tertiary/aromatic N) is 2. The Kier molecular flexibility index (Phi) is 3.80.